The van der Waals surface area contributed by atoms with E-state index in [2.05, 4.69) is 25.7 Å². The van der Waals surface area contributed by atoms with E-state index in [0.717, 1.165) is 18.4 Å². The molecule has 1 N–H and O–H groups in total. The summed E-state index contributed by atoms with van der Waals surface area (Å²) < 4.78 is 18.9. The molecule has 0 aromatic heterocycles. The minimum absolute atomic E-state index is 0.0165. The molecule has 0 aliphatic heterocycles. The van der Waals surface area contributed by atoms with Crippen molar-refractivity contribution in [1.29, 1.82) is 0 Å². The summed E-state index contributed by atoms with van der Waals surface area (Å²) in [5.74, 6) is 5.93. The second-order valence-electron chi connectivity index (χ2n) is 4.99. The van der Waals surface area contributed by atoms with Crippen LogP contribution in [0.25, 0.3) is 0 Å². The molecule has 110 valence electrons. The molecule has 20 heavy (non-hydrogen) atoms. The Bertz CT molecular complexity index is 460. The van der Waals surface area contributed by atoms with Crippen LogP contribution in [0.15, 0.2) is 18.2 Å². The number of halogens is 1. The first-order chi connectivity index (χ1) is 9.67. The number of ether oxygens (including phenoxy) is 1. The third kappa shape index (κ3) is 6.18. The lowest BCUT2D eigenvalue weighted by Crippen LogP contribution is -2.06. The number of rotatable bonds is 7. The maximum absolute atomic E-state index is 13.2. The molecule has 0 radical (unpaired) electrons. The van der Waals surface area contributed by atoms with E-state index in [1.54, 1.807) is 6.07 Å². The summed E-state index contributed by atoms with van der Waals surface area (Å²) in [4.78, 5) is 0. The van der Waals surface area contributed by atoms with Gasteiger partial charge >= 0.3 is 0 Å². The molecule has 0 bridgehead atoms. The molecule has 3 heteroatoms. The summed E-state index contributed by atoms with van der Waals surface area (Å²) in [5.41, 5.74) is 1.53. The highest BCUT2D eigenvalue weighted by molar-refractivity contribution is 5.41. The van der Waals surface area contributed by atoms with Gasteiger partial charge in [-0.15, -0.1) is 0 Å². The first kappa shape index (κ1) is 16.7. The topological polar surface area (TPSA) is 29.5 Å². The Morgan fingerprint density at radius 3 is 2.90 bits per heavy atom. The normalized spacial score (nSPS) is 11.8. The van der Waals surface area contributed by atoms with Crippen molar-refractivity contribution in [1.82, 2.24) is 0 Å². The number of aliphatic hydroxyl groups is 1. The number of aliphatic hydroxyl groups excluding tert-OH is 1. The Hall–Kier alpha value is -1.37. The van der Waals surface area contributed by atoms with Gasteiger partial charge in [-0.1, -0.05) is 38.2 Å². The summed E-state index contributed by atoms with van der Waals surface area (Å²) in [6.45, 7) is 5.48. The molecule has 2 nitrogen and oxygen atoms in total. The zero-order valence-corrected chi connectivity index (χ0v) is 12.3. The van der Waals surface area contributed by atoms with Crippen LogP contribution in [0, 0.1) is 23.6 Å². The largest absolute Gasteiger partial charge is 0.395 e. The second-order valence-corrected chi connectivity index (χ2v) is 4.99. The number of benzene rings is 1. The average Bonchev–Trinajstić information content (AvgIpc) is 2.42. The Morgan fingerprint density at radius 2 is 2.20 bits per heavy atom. The fourth-order valence-corrected chi connectivity index (χ4v) is 1.95. The predicted molar refractivity (Wildman–Crippen MR) is 78.7 cm³/mol. The van der Waals surface area contributed by atoms with Gasteiger partial charge in [0.25, 0.3) is 0 Å². The van der Waals surface area contributed by atoms with Crippen LogP contribution in [0.4, 0.5) is 4.39 Å². The van der Waals surface area contributed by atoms with E-state index >= 15 is 0 Å². The Kier molecular flexibility index (Phi) is 7.94. The minimum Gasteiger partial charge on any atom is -0.395 e. The van der Waals surface area contributed by atoms with Gasteiger partial charge in [0.2, 0.25) is 0 Å². The summed E-state index contributed by atoms with van der Waals surface area (Å²) in [6, 6.07) is 4.55. The van der Waals surface area contributed by atoms with E-state index in [0.29, 0.717) is 31.1 Å². The van der Waals surface area contributed by atoms with Crippen LogP contribution in [0.2, 0.25) is 0 Å². The summed E-state index contributed by atoms with van der Waals surface area (Å²) in [5, 5.41) is 8.72. The molecule has 1 rings (SSSR count). The van der Waals surface area contributed by atoms with Crippen LogP contribution < -0.4 is 0 Å². The fourth-order valence-electron chi connectivity index (χ4n) is 1.95. The lowest BCUT2D eigenvalue weighted by molar-refractivity contribution is 0.0892. The van der Waals surface area contributed by atoms with Gasteiger partial charge in [0.05, 0.1) is 13.2 Å². The highest BCUT2D eigenvalue weighted by atomic mass is 19.1. The van der Waals surface area contributed by atoms with Gasteiger partial charge in [0.1, 0.15) is 5.82 Å². The van der Waals surface area contributed by atoms with Crippen molar-refractivity contribution in [2.45, 2.75) is 39.7 Å². The molecule has 1 aromatic carbocycles. The molecule has 1 aromatic rings. The van der Waals surface area contributed by atoms with Crippen LogP contribution in [-0.4, -0.2) is 18.3 Å². The van der Waals surface area contributed by atoms with Gasteiger partial charge in [0, 0.05) is 18.6 Å². The van der Waals surface area contributed by atoms with Crippen LogP contribution in [0.5, 0.6) is 0 Å². The van der Waals surface area contributed by atoms with Crippen LogP contribution >= 0.6 is 0 Å². The first-order valence-electron chi connectivity index (χ1n) is 7.13. The van der Waals surface area contributed by atoms with E-state index in [4.69, 9.17) is 9.84 Å². The van der Waals surface area contributed by atoms with E-state index in [-0.39, 0.29) is 12.4 Å². The fraction of sp³-hybridized carbons (Fsp3) is 0.529. The Balaban J connectivity index is 2.62. The van der Waals surface area contributed by atoms with Crippen molar-refractivity contribution < 1.29 is 14.2 Å². The zero-order valence-electron chi connectivity index (χ0n) is 12.3. The summed E-state index contributed by atoms with van der Waals surface area (Å²) in [6.07, 6.45) is 2.69. The van der Waals surface area contributed by atoms with E-state index in [1.807, 2.05) is 0 Å². The van der Waals surface area contributed by atoms with Crippen molar-refractivity contribution in [3.8, 4) is 11.8 Å². The van der Waals surface area contributed by atoms with E-state index in [9.17, 15) is 4.39 Å². The molecule has 1 atom stereocenters. The molecule has 0 amide bonds. The van der Waals surface area contributed by atoms with E-state index in [1.165, 1.54) is 12.1 Å². The molecule has 0 saturated carbocycles. The maximum Gasteiger partial charge on any atom is 0.124 e. The lowest BCUT2D eigenvalue weighted by atomic mass is 10.1. The van der Waals surface area contributed by atoms with Crippen LogP contribution in [0.1, 0.15) is 44.2 Å². The summed E-state index contributed by atoms with van der Waals surface area (Å²) in [7, 11) is 0. The van der Waals surface area contributed by atoms with Crippen molar-refractivity contribution in [3.05, 3.63) is 35.1 Å². The molecule has 0 spiro atoms. The third-order valence-electron chi connectivity index (χ3n) is 2.97. The Morgan fingerprint density at radius 1 is 1.40 bits per heavy atom. The smallest absolute Gasteiger partial charge is 0.124 e. The molecule has 0 fully saturated rings. The standard InChI is InChI=1S/C17H23FO2/c1-3-6-14(2)12-20-13-16-8-9-17(18)11-15(16)7-4-5-10-19/h8-9,11,14,19H,3,5-6,10,12-13H2,1-2H3. The molecule has 0 saturated heterocycles. The molecule has 0 aliphatic carbocycles. The molecule has 0 aliphatic rings. The zero-order chi connectivity index (χ0) is 14.8. The van der Waals surface area contributed by atoms with Crippen molar-refractivity contribution in [2.24, 2.45) is 5.92 Å². The first-order valence-corrected chi connectivity index (χ1v) is 7.13. The van der Waals surface area contributed by atoms with Crippen molar-refractivity contribution >= 4 is 0 Å². The molecule has 0 heterocycles. The molecule has 1 unspecified atom stereocenters. The number of hydrogen-bond acceptors (Lipinski definition) is 2. The van der Waals surface area contributed by atoms with E-state index < -0.39 is 0 Å². The monoisotopic (exact) mass is 278 g/mol. The highest BCUT2D eigenvalue weighted by Crippen LogP contribution is 2.13. The van der Waals surface area contributed by atoms with Gasteiger partial charge < -0.3 is 9.84 Å². The van der Waals surface area contributed by atoms with Crippen LogP contribution in [0.3, 0.4) is 0 Å². The van der Waals surface area contributed by atoms with Gasteiger partial charge in [-0.3, -0.25) is 0 Å². The Labute approximate surface area is 121 Å². The predicted octanol–water partition coefficient (Wildman–Crippen LogP) is 3.51. The number of hydrogen-bond donors (Lipinski definition) is 1. The maximum atomic E-state index is 13.2. The second kappa shape index (κ2) is 9.52. The van der Waals surface area contributed by atoms with Gasteiger partial charge in [-0.2, -0.15) is 0 Å². The van der Waals surface area contributed by atoms with Crippen LogP contribution in [-0.2, 0) is 11.3 Å². The van der Waals surface area contributed by atoms with Gasteiger partial charge in [0.15, 0.2) is 0 Å². The van der Waals surface area contributed by atoms with Gasteiger partial charge in [-0.25, -0.2) is 4.39 Å². The molecular formula is C17H23FO2. The van der Waals surface area contributed by atoms with Crippen molar-refractivity contribution in [3.63, 3.8) is 0 Å². The van der Waals surface area contributed by atoms with Gasteiger partial charge in [-0.05, 0) is 30.0 Å². The highest BCUT2D eigenvalue weighted by Gasteiger charge is 2.05. The average molecular weight is 278 g/mol. The minimum atomic E-state index is -0.304. The SMILES string of the molecule is CCCC(C)COCc1ccc(F)cc1C#CCCO. The summed E-state index contributed by atoms with van der Waals surface area (Å²) >= 11 is 0. The third-order valence-corrected chi connectivity index (χ3v) is 2.97. The van der Waals surface area contributed by atoms with Crippen molar-refractivity contribution in [2.75, 3.05) is 13.2 Å². The lowest BCUT2D eigenvalue weighted by Gasteiger charge is -2.11. The quantitative estimate of drug-likeness (QED) is 0.773. The molecular weight excluding hydrogens is 255 g/mol.